The average Bonchev–Trinajstić information content (AvgIpc) is 2.34. The summed E-state index contributed by atoms with van der Waals surface area (Å²) >= 11 is 0. The van der Waals surface area contributed by atoms with Crippen LogP contribution in [0, 0.1) is 11.3 Å². The van der Waals surface area contributed by atoms with Crippen LogP contribution in [0.1, 0.15) is 40.0 Å². The van der Waals surface area contributed by atoms with Crippen molar-refractivity contribution >= 4 is 5.91 Å². The Morgan fingerprint density at radius 3 is 2.53 bits per heavy atom. The van der Waals surface area contributed by atoms with Crippen LogP contribution >= 0.6 is 0 Å². The maximum atomic E-state index is 11.9. The van der Waals surface area contributed by atoms with Gasteiger partial charge in [0.15, 0.2) is 0 Å². The fourth-order valence-corrected chi connectivity index (χ4v) is 2.90. The number of ether oxygens (including phenoxy) is 1. The van der Waals surface area contributed by atoms with E-state index in [4.69, 9.17) is 10.5 Å². The molecule has 1 fully saturated rings. The van der Waals surface area contributed by atoms with E-state index in [0.717, 1.165) is 19.3 Å². The monoisotopic (exact) mass is 242 g/mol. The highest BCUT2D eigenvalue weighted by atomic mass is 16.5. The smallest absolute Gasteiger partial charge is 0.224 e. The van der Waals surface area contributed by atoms with Crippen LogP contribution in [-0.2, 0) is 9.53 Å². The van der Waals surface area contributed by atoms with Gasteiger partial charge in [-0.3, -0.25) is 4.79 Å². The first-order valence-electron chi connectivity index (χ1n) is 6.58. The summed E-state index contributed by atoms with van der Waals surface area (Å²) in [6.45, 7) is 6.60. The number of nitrogens with two attached hydrogens (primary N) is 1. The first kappa shape index (κ1) is 14.5. The average molecular weight is 242 g/mol. The highest BCUT2D eigenvalue weighted by molar-refractivity contribution is 5.79. The number of methoxy groups -OCH3 is 1. The van der Waals surface area contributed by atoms with Crippen molar-refractivity contribution in [3.05, 3.63) is 0 Å². The Hall–Kier alpha value is -0.610. The third kappa shape index (κ3) is 2.47. The van der Waals surface area contributed by atoms with Crippen LogP contribution in [0.2, 0.25) is 0 Å². The Kier molecular flexibility index (Phi) is 4.95. The highest BCUT2D eigenvalue weighted by Gasteiger charge is 2.53. The molecule has 0 radical (unpaired) electrons. The van der Waals surface area contributed by atoms with E-state index >= 15 is 0 Å². The van der Waals surface area contributed by atoms with Gasteiger partial charge in [-0.25, -0.2) is 0 Å². The Bertz CT molecular complexity index is 264. The molecule has 3 unspecified atom stereocenters. The van der Waals surface area contributed by atoms with E-state index in [2.05, 4.69) is 19.2 Å². The number of carbonyl (C=O) groups is 1. The van der Waals surface area contributed by atoms with Gasteiger partial charge in [0, 0.05) is 31.0 Å². The van der Waals surface area contributed by atoms with Crippen molar-refractivity contribution in [2.75, 3.05) is 13.7 Å². The molecule has 0 aliphatic heterocycles. The van der Waals surface area contributed by atoms with Gasteiger partial charge in [0.1, 0.15) is 0 Å². The molecule has 0 heterocycles. The molecule has 3 N–H and O–H groups in total. The van der Waals surface area contributed by atoms with Gasteiger partial charge in [0.05, 0.1) is 6.10 Å². The van der Waals surface area contributed by atoms with Crippen molar-refractivity contribution in [2.45, 2.75) is 52.2 Å². The summed E-state index contributed by atoms with van der Waals surface area (Å²) in [6, 6.07) is 0.240. The lowest BCUT2D eigenvalue weighted by atomic mass is 9.58. The minimum atomic E-state index is -0.108. The predicted molar refractivity (Wildman–Crippen MR) is 68.6 cm³/mol. The Balaban J connectivity index is 2.64. The summed E-state index contributed by atoms with van der Waals surface area (Å²) in [5.41, 5.74) is 5.62. The summed E-state index contributed by atoms with van der Waals surface area (Å²) in [5, 5.41) is 3.13. The molecule has 0 aromatic heterocycles. The molecule has 3 atom stereocenters. The zero-order chi connectivity index (χ0) is 13.1. The van der Waals surface area contributed by atoms with Crippen molar-refractivity contribution in [1.29, 1.82) is 0 Å². The zero-order valence-corrected chi connectivity index (χ0v) is 11.5. The predicted octanol–water partition coefficient (Wildman–Crippen LogP) is 1.29. The van der Waals surface area contributed by atoms with Crippen molar-refractivity contribution in [3.63, 3.8) is 0 Å². The maximum Gasteiger partial charge on any atom is 0.224 e. The second kappa shape index (κ2) is 5.83. The number of amides is 1. The number of nitrogens with one attached hydrogen (secondary N) is 1. The summed E-state index contributed by atoms with van der Waals surface area (Å²) < 4.78 is 5.51. The van der Waals surface area contributed by atoms with Crippen molar-refractivity contribution < 1.29 is 9.53 Å². The van der Waals surface area contributed by atoms with Gasteiger partial charge in [-0.15, -0.1) is 0 Å². The topological polar surface area (TPSA) is 64.4 Å². The molecule has 1 aliphatic carbocycles. The molecular formula is C13H26N2O2. The van der Waals surface area contributed by atoms with Crippen LogP contribution in [0.4, 0.5) is 0 Å². The van der Waals surface area contributed by atoms with E-state index < -0.39 is 0 Å². The molecule has 1 saturated carbocycles. The van der Waals surface area contributed by atoms with E-state index in [0.29, 0.717) is 6.54 Å². The van der Waals surface area contributed by atoms with Gasteiger partial charge in [-0.05, 0) is 19.3 Å². The standard InChI is InChI=1S/C13H26N2O2/c1-5-13(6-2)10(7-11(13)17-4)15-12(16)9(3)8-14/h9-11H,5-8,14H2,1-4H3,(H,15,16). The summed E-state index contributed by atoms with van der Waals surface area (Å²) in [4.78, 5) is 11.9. The lowest BCUT2D eigenvalue weighted by Gasteiger charge is -2.55. The van der Waals surface area contributed by atoms with E-state index in [-0.39, 0.29) is 29.4 Å². The lowest BCUT2D eigenvalue weighted by Crippen LogP contribution is -2.64. The quantitative estimate of drug-likeness (QED) is 0.737. The van der Waals surface area contributed by atoms with E-state index in [9.17, 15) is 4.79 Å². The molecule has 1 rings (SSSR count). The summed E-state index contributed by atoms with van der Waals surface area (Å²) in [6.07, 6.45) is 3.26. The molecule has 0 aromatic rings. The van der Waals surface area contributed by atoms with E-state index in [1.807, 2.05) is 6.92 Å². The molecular weight excluding hydrogens is 216 g/mol. The lowest BCUT2D eigenvalue weighted by molar-refractivity contribution is -0.143. The number of hydrogen-bond acceptors (Lipinski definition) is 3. The molecule has 0 spiro atoms. The van der Waals surface area contributed by atoms with Crippen molar-refractivity contribution in [1.82, 2.24) is 5.32 Å². The van der Waals surface area contributed by atoms with Crippen LogP contribution in [0.3, 0.4) is 0 Å². The summed E-state index contributed by atoms with van der Waals surface area (Å²) in [7, 11) is 1.76. The molecule has 4 nitrogen and oxygen atoms in total. The SMILES string of the molecule is CCC1(CC)C(NC(=O)C(C)CN)CC1OC. The molecule has 1 aliphatic rings. The molecule has 17 heavy (non-hydrogen) atoms. The fourth-order valence-electron chi connectivity index (χ4n) is 2.90. The Morgan fingerprint density at radius 2 is 2.12 bits per heavy atom. The minimum Gasteiger partial charge on any atom is -0.381 e. The first-order valence-corrected chi connectivity index (χ1v) is 6.58. The maximum absolute atomic E-state index is 11.9. The van der Waals surface area contributed by atoms with E-state index in [1.54, 1.807) is 7.11 Å². The Morgan fingerprint density at radius 1 is 1.53 bits per heavy atom. The van der Waals surface area contributed by atoms with Gasteiger partial charge in [-0.1, -0.05) is 20.8 Å². The van der Waals surface area contributed by atoms with Crippen LogP contribution in [0.15, 0.2) is 0 Å². The first-order chi connectivity index (χ1) is 8.05. The number of hydrogen-bond donors (Lipinski definition) is 2. The second-order valence-corrected chi connectivity index (χ2v) is 5.10. The molecule has 0 saturated heterocycles. The zero-order valence-electron chi connectivity index (χ0n) is 11.5. The van der Waals surface area contributed by atoms with E-state index in [1.165, 1.54) is 0 Å². The molecule has 4 heteroatoms. The van der Waals surface area contributed by atoms with Crippen LogP contribution in [0.5, 0.6) is 0 Å². The summed E-state index contributed by atoms with van der Waals surface area (Å²) in [5.74, 6) is -0.0404. The van der Waals surface area contributed by atoms with Gasteiger partial charge in [0.25, 0.3) is 0 Å². The van der Waals surface area contributed by atoms with Crippen LogP contribution in [0.25, 0.3) is 0 Å². The third-order valence-electron chi connectivity index (χ3n) is 4.50. The third-order valence-corrected chi connectivity index (χ3v) is 4.50. The molecule has 100 valence electrons. The van der Waals surface area contributed by atoms with Crippen molar-refractivity contribution in [3.8, 4) is 0 Å². The van der Waals surface area contributed by atoms with Gasteiger partial charge < -0.3 is 15.8 Å². The van der Waals surface area contributed by atoms with Gasteiger partial charge in [-0.2, -0.15) is 0 Å². The number of rotatable bonds is 6. The molecule has 1 amide bonds. The molecule has 0 bridgehead atoms. The fraction of sp³-hybridized carbons (Fsp3) is 0.923. The Labute approximate surface area is 104 Å². The molecule has 0 aromatic carbocycles. The highest BCUT2D eigenvalue weighted by Crippen LogP contribution is 2.48. The van der Waals surface area contributed by atoms with Crippen LogP contribution in [-0.4, -0.2) is 31.7 Å². The van der Waals surface area contributed by atoms with Crippen molar-refractivity contribution in [2.24, 2.45) is 17.1 Å². The second-order valence-electron chi connectivity index (χ2n) is 5.10. The van der Waals surface area contributed by atoms with Crippen LogP contribution < -0.4 is 11.1 Å². The number of carbonyl (C=O) groups excluding carboxylic acids is 1. The van der Waals surface area contributed by atoms with Gasteiger partial charge >= 0.3 is 0 Å². The van der Waals surface area contributed by atoms with Gasteiger partial charge in [0.2, 0.25) is 5.91 Å². The largest absolute Gasteiger partial charge is 0.381 e. The minimum absolute atomic E-state index is 0.0679. The normalized spacial score (nSPS) is 28.3.